The topological polar surface area (TPSA) is 41.1 Å². The molecule has 0 aliphatic rings. The van der Waals surface area contributed by atoms with Crippen LogP contribution >= 0.6 is 0 Å². The molecule has 0 saturated heterocycles. The van der Waals surface area contributed by atoms with Crippen LogP contribution in [0.15, 0.2) is 0 Å². The summed E-state index contributed by atoms with van der Waals surface area (Å²) < 4.78 is 112. The van der Waals surface area contributed by atoms with Gasteiger partial charge in [-0.05, 0) is 13.3 Å². The Morgan fingerprint density at radius 2 is 1.24 bits per heavy atom. The number of urea groups is 1. The maximum Gasteiger partial charge on any atom is 0.429 e. The standard InChI is InChI=1S/C9H11F9N2O/c1-3-4(2)19-5(21)20-6(7(10,11)12,8(13,14)15)9(16,17)18/h4H,3H2,1-2H3,(H2,19,20,21)/t4-/m0/s1. The van der Waals surface area contributed by atoms with E-state index >= 15 is 0 Å². The van der Waals surface area contributed by atoms with Gasteiger partial charge in [-0.1, -0.05) is 6.92 Å². The third kappa shape index (κ3) is 3.84. The van der Waals surface area contributed by atoms with Gasteiger partial charge in [0.1, 0.15) is 0 Å². The SMILES string of the molecule is CC[C@H](C)NC(=O)NC(C(F)(F)F)(C(F)(F)F)C(F)(F)F. The normalized spacial score (nSPS) is 15.6. The van der Waals surface area contributed by atoms with Gasteiger partial charge >= 0.3 is 30.1 Å². The van der Waals surface area contributed by atoms with Gasteiger partial charge < -0.3 is 10.6 Å². The first-order chi connectivity index (χ1) is 9.10. The van der Waals surface area contributed by atoms with Crippen molar-refractivity contribution >= 4 is 6.03 Å². The van der Waals surface area contributed by atoms with E-state index in [1.807, 2.05) is 0 Å². The predicted octanol–water partition coefficient (Wildman–Crippen LogP) is 3.51. The van der Waals surface area contributed by atoms with E-state index in [1.165, 1.54) is 13.8 Å². The molecule has 0 saturated carbocycles. The second kappa shape index (κ2) is 5.79. The Balaban J connectivity index is 5.79. The fourth-order valence-corrected chi connectivity index (χ4v) is 1.23. The number of nitrogens with one attached hydrogen (secondary N) is 2. The molecule has 12 heteroatoms. The predicted molar refractivity (Wildman–Crippen MR) is 52.3 cm³/mol. The molecule has 0 aromatic carbocycles. The minimum Gasteiger partial charge on any atom is -0.336 e. The second-order valence-corrected chi connectivity index (χ2v) is 4.15. The molecule has 126 valence electrons. The van der Waals surface area contributed by atoms with Gasteiger partial charge in [0.05, 0.1) is 0 Å². The molecule has 0 bridgehead atoms. The molecule has 0 spiro atoms. The van der Waals surface area contributed by atoms with Crippen molar-refractivity contribution in [2.75, 3.05) is 0 Å². The molecule has 0 aliphatic heterocycles. The molecule has 0 rings (SSSR count). The van der Waals surface area contributed by atoms with Gasteiger partial charge in [-0.2, -0.15) is 39.5 Å². The maximum atomic E-state index is 12.5. The van der Waals surface area contributed by atoms with Crippen LogP contribution in [0.1, 0.15) is 20.3 Å². The van der Waals surface area contributed by atoms with E-state index < -0.39 is 36.1 Å². The molecule has 0 aromatic rings. The van der Waals surface area contributed by atoms with E-state index in [4.69, 9.17) is 0 Å². The first-order valence-electron chi connectivity index (χ1n) is 5.39. The molecule has 1 atom stereocenters. The lowest BCUT2D eigenvalue weighted by Gasteiger charge is -2.38. The summed E-state index contributed by atoms with van der Waals surface area (Å²) in [5.74, 6) is 0. The summed E-state index contributed by atoms with van der Waals surface area (Å²) in [6.07, 6.45) is -20.4. The van der Waals surface area contributed by atoms with Crippen LogP contribution in [0.5, 0.6) is 0 Å². The highest BCUT2D eigenvalue weighted by molar-refractivity contribution is 5.75. The molecule has 3 nitrogen and oxygen atoms in total. The summed E-state index contributed by atoms with van der Waals surface area (Å²) in [6, 6.07) is -3.14. The van der Waals surface area contributed by atoms with Crippen molar-refractivity contribution in [1.82, 2.24) is 10.6 Å². The monoisotopic (exact) mass is 334 g/mol. The van der Waals surface area contributed by atoms with Crippen LogP contribution in [0.2, 0.25) is 0 Å². The molecule has 0 aromatic heterocycles. The molecule has 2 amide bonds. The smallest absolute Gasteiger partial charge is 0.336 e. The van der Waals surface area contributed by atoms with Gasteiger partial charge in [0, 0.05) is 6.04 Å². The number of carbonyl (C=O) groups is 1. The molecule has 0 radical (unpaired) electrons. The first-order valence-corrected chi connectivity index (χ1v) is 5.39. The second-order valence-electron chi connectivity index (χ2n) is 4.15. The Bertz CT molecular complexity index is 335. The van der Waals surface area contributed by atoms with Gasteiger partial charge in [0.2, 0.25) is 0 Å². The lowest BCUT2D eigenvalue weighted by atomic mass is 9.97. The quantitative estimate of drug-likeness (QED) is 0.762. The van der Waals surface area contributed by atoms with Crippen LogP contribution in [-0.2, 0) is 0 Å². The number of carbonyl (C=O) groups excluding carboxylic acids is 1. The van der Waals surface area contributed by atoms with Crippen LogP contribution in [-0.4, -0.2) is 36.1 Å². The Labute approximate surface area is 112 Å². The van der Waals surface area contributed by atoms with Crippen molar-refractivity contribution in [2.24, 2.45) is 0 Å². The summed E-state index contributed by atoms with van der Waals surface area (Å²) >= 11 is 0. The number of alkyl halides is 9. The van der Waals surface area contributed by atoms with E-state index in [2.05, 4.69) is 0 Å². The Hall–Kier alpha value is -1.36. The summed E-state index contributed by atoms with van der Waals surface area (Å²) in [5, 5.41) is 1.54. The average Bonchev–Trinajstić information content (AvgIpc) is 2.20. The minimum absolute atomic E-state index is 0.00944. The highest BCUT2D eigenvalue weighted by Gasteiger charge is 2.84. The fourth-order valence-electron chi connectivity index (χ4n) is 1.23. The number of hydrogen-bond donors (Lipinski definition) is 2. The Morgan fingerprint density at radius 1 is 0.905 bits per heavy atom. The first kappa shape index (κ1) is 19.6. The summed E-state index contributed by atoms with van der Waals surface area (Å²) in [6.45, 7) is 2.60. The zero-order valence-electron chi connectivity index (χ0n) is 10.6. The molecular formula is C9H11F9N2O. The molecule has 2 N–H and O–H groups in total. The molecular weight excluding hydrogens is 323 g/mol. The Morgan fingerprint density at radius 3 is 1.48 bits per heavy atom. The van der Waals surface area contributed by atoms with Crippen LogP contribution in [0.4, 0.5) is 44.3 Å². The third-order valence-corrected chi connectivity index (χ3v) is 2.57. The van der Waals surface area contributed by atoms with Gasteiger partial charge in [0.15, 0.2) is 0 Å². The van der Waals surface area contributed by atoms with Crippen LogP contribution in [0, 0.1) is 0 Å². The summed E-state index contributed by atoms with van der Waals surface area (Å²) in [7, 11) is 0. The highest BCUT2D eigenvalue weighted by atomic mass is 19.4. The maximum absolute atomic E-state index is 12.5. The summed E-state index contributed by atoms with van der Waals surface area (Å²) in [5.41, 5.74) is -6.34. The van der Waals surface area contributed by atoms with Crippen LogP contribution in [0.25, 0.3) is 0 Å². The van der Waals surface area contributed by atoms with Crippen LogP contribution < -0.4 is 10.6 Å². The number of hydrogen-bond acceptors (Lipinski definition) is 1. The lowest BCUT2D eigenvalue weighted by Crippen LogP contribution is -2.76. The van der Waals surface area contributed by atoms with Gasteiger partial charge in [-0.15, -0.1) is 0 Å². The number of halogens is 9. The van der Waals surface area contributed by atoms with Crippen molar-refractivity contribution in [1.29, 1.82) is 0 Å². The van der Waals surface area contributed by atoms with E-state index in [1.54, 1.807) is 5.32 Å². The lowest BCUT2D eigenvalue weighted by molar-refractivity contribution is -0.386. The fraction of sp³-hybridized carbons (Fsp3) is 0.889. The largest absolute Gasteiger partial charge is 0.429 e. The highest BCUT2D eigenvalue weighted by Crippen LogP contribution is 2.52. The van der Waals surface area contributed by atoms with E-state index in [-0.39, 0.29) is 11.7 Å². The molecule has 0 fully saturated rings. The molecule has 0 heterocycles. The zero-order chi connectivity index (χ0) is 17.3. The van der Waals surface area contributed by atoms with Crippen molar-refractivity contribution < 1.29 is 44.3 Å². The van der Waals surface area contributed by atoms with Crippen molar-refractivity contribution in [3.63, 3.8) is 0 Å². The van der Waals surface area contributed by atoms with Crippen molar-refractivity contribution in [3.8, 4) is 0 Å². The average molecular weight is 334 g/mol. The van der Waals surface area contributed by atoms with Gasteiger partial charge in [-0.25, -0.2) is 4.79 Å². The van der Waals surface area contributed by atoms with Crippen molar-refractivity contribution in [2.45, 2.75) is 50.4 Å². The summed E-state index contributed by atoms with van der Waals surface area (Å²) in [4.78, 5) is 11.0. The van der Waals surface area contributed by atoms with E-state index in [9.17, 15) is 44.3 Å². The zero-order valence-corrected chi connectivity index (χ0v) is 10.6. The molecule has 21 heavy (non-hydrogen) atoms. The molecule has 0 unspecified atom stereocenters. The molecule has 0 aliphatic carbocycles. The number of amides is 2. The third-order valence-electron chi connectivity index (χ3n) is 2.57. The van der Waals surface area contributed by atoms with Crippen molar-refractivity contribution in [3.05, 3.63) is 0 Å². The number of rotatable bonds is 3. The minimum atomic E-state index is -6.82. The van der Waals surface area contributed by atoms with Gasteiger partial charge in [0.25, 0.3) is 0 Å². The Kier molecular flexibility index (Phi) is 5.42. The van der Waals surface area contributed by atoms with E-state index in [0.29, 0.717) is 0 Å². The van der Waals surface area contributed by atoms with Gasteiger partial charge in [-0.3, -0.25) is 0 Å². The van der Waals surface area contributed by atoms with E-state index in [0.717, 1.165) is 0 Å². The van der Waals surface area contributed by atoms with Crippen LogP contribution in [0.3, 0.4) is 0 Å².